The Labute approximate surface area is 115 Å². The Balaban J connectivity index is 2.26. The standard InChI is InChI=1S/C13H24N4O2/c1-4-5-14-10-12(18)17-8-6-16(7-9-17)11-13(19)15(2)3/h4,14H,1,5-11H2,2-3H3. The summed E-state index contributed by atoms with van der Waals surface area (Å²) in [6.07, 6.45) is 1.73. The van der Waals surface area contributed by atoms with Crippen LogP contribution in [0.5, 0.6) is 0 Å². The van der Waals surface area contributed by atoms with Crippen LogP contribution in [0, 0.1) is 0 Å². The van der Waals surface area contributed by atoms with E-state index in [0.29, 0.717) is 32.7 Å². The van der Waals surface area contributed by atoms with Crippen LogP contribution in [0.2, 0.25) is 0 Å². The Kier molecular flexibility index (Phi) is 6.52. The first-order valence-electron chi connectivity index (χ1n) is 6.56. The number of hydrogen-bond donors (Lipinski definition) is 1. The number of amides is 2. The van der Waals surface area contributed by atoms with Crippen molar-refractivity contribution in [3.05, 3.63) is 12.7 Å². The lowest BCUT2D eigenvalue weighted by molar-refractivity contribution is -0.133. The average Bonchev–Trinajstić information content (AvgIpc) is 2.39. The highest BCUT2D eigenvalue weighted by Crippen LogP contribution is 2.02. The molecule has 6 nitrogen and oxygen atoms in total. The quantitative estimate of drug-likeness (QED) is 0.496. The molecule has 1 aliphatic heterocycles. The van der Waals surface area contributed by atoms with Crippen molar-refractivity contribution in [1.29, 1.82) is 0 Å². The van der Waals surface area contributed by atoms with Crippen molar-refractivity contribution in [1.82, 2.24) is 20.0 Å². The third kappa shape index (κ3) is 5.40. The van der Waals surface area contributed by atoms with Gasteiger partial charge in [-0.3, -0.25) is 14.5 Å². The minimum absolute atomic E-state index is 0.104. The van der Waals surface area contributed by atoms with E-state index in [1.165, 1.54) is 0 Å². The van der Waals surface area contributed by atoms with Crippen molar-refractivity contribution >= 4 is 11.8 Å². The number of hydrogen-bond acceptors (Lipinski definition) is 4. The first-order chi connectivity index (χ1) is 9.04. The molecule has 1 rings (SSSR count). The Morgan fingerprint density at radius 1 is 1.26 bits per heavy atom. The molecule has 1 heterocycles. The van der Waals surface area contributed by atoms with Crippen molar-refractivity contribution in [3.63, 3.8) is 0 Å². The maximum atomic E-state index is 11.8. The molecule has 0 unspecified atom stereocenters. The summed E-state index contributed by atoms with van der Waals surface area (Å²) in [6, 6.07) is 0. The second kappa shape index (κ2) is 7.91. The summed E-state index contributed by atoms with van der Waals surface area (Å²) in [4.78, 5) is 29.0. The van der Waals surface area contributed by atoms with Crippen LogP contribution < -0.4 is 5.32 Å². The minimum atomic E-state index is 0.104. The molecule has 0 aliphatic carbocycles. The van der Waals surface area contributed by atoms with Gasteiger partial charge in [-0.2, -0.15) is 0 Å². The lowest BCUT2D eigenvalue weighted by Gasteiger charge is -2.34. The number of likely N-dealkylation sites (N-methyl/N-ethyl adjacent to an activating group) is 1. The molecule has 0 bridgehead atoms. The lowest BCUT2D eigenvalue weighted by atomic mass is 10.3. The SMILES string of the molecule is C=CCNCC(=O)N1CCN(CC(=O)N(C)C)CC1. The van der Waals surface area contributed by atoms with E-state index in [1.807, 2.05) is 4.90 Å². The van der Waals surface area contributed by atoms with Gasteiger partial charge in [0.2, 0.25) is 11.8 Å². The Bertz CT molecular complexity index is 323. The molecule has 1 saturated heterocycles. The number of carbonyl (C=O) groups is 2. The zero-order valence-corrected chi connectivity index (χ0v) is 11.9. The van der Waals surface area contributed by atoms with Crippen LogP contribution in [0.25, 0.3) is 0 Å². The molecule has 1 aliphatic rings. The van der Waals surface area contributed by atoms with E-state index >= 15 is 0 Å². The van der Waals surface area contributed by atoms with Crippen LogP contribution in [0.15, 0.2) is 12.7 Å². The number of piperazine rings is 1. The molecule has 0 saturated carbocycles. The van der Waals surface area contributed by atoms with Gasteiger partial charge in [-0.05, 0) is 0 Å². The van der Waals surface area contributed by atoms with Gasteiger partial charge in [0, 0.05) is 46.8 Å². The van der Waals surface area contributed by atoms with Crippen molar-refractivity contribution in [3.8, 4) is 0 Å². The summed E-state index contributed by atoms with van der Waals surface area (Å²) in [5, 5.41) is 3.01. The smallest absolute Gasteiger partial charge is 0.236 e. The molecule has 0 aromatic heterocycles. The Hall–Kier alpha value is -1.40. The summed E-state index contributed by atoms with van der Waals surface area (Å²) in [7, 11) is 3.51. The molecule has 19 heavy (non-hydrogen) atoms. The van der Waals surface area contributed by atoms with Gasteiger partial charge >= 0.3 is 0 Å². The Morgan fingerprint density at radius 2 is 1.89 bits per heavy atom. The second-order valence-electron chi connectivity index (χ2n) is 4.86. The molecule has 0 spiro atoms. The summed E-state index contributed by atoms with van der Waals surface area (Å²) in [6.45, 7) is 7.91. The van der Waals surface area contributed by atoms with Crippen LogP contribution >= 0.6 is 0 Å². The molecule has 1 N–H and O–H groups in total. The molecule has 2 amide bonds. The van der Waals surface area contributed by atoms with Crippen molar-refractivity contribution in [2.24, 2.45) is 0 Å². The van der Waals surface area contributed by atoms with Crippen molar-refractivity contribution in [2.45, 2.75) is 0 Å². The summed E-state index contributed by atoms with van der Waals surface area (Å²) in [5.41, 5.74) is 0. The highest BCUT2D eigenvalue weighted by molar-refractivity contribution is 5.79. The molecule has 1 fully saturated rings. The molecular weight excluding hydrogens is 244 g/mol. The topological polar surface area (TPSA) is 55.9 Å². The predicted molar refractivity (Wildman–Crippen MR) is 74.8 cm³/mol. The van der Waals surface area contributed by atoms with E-state index in [1.54, 1.807) is 25.1 Å². The zero-order valence-electron chi connectivity index (χ0n) is 11.9. The van der Waals surface area contributed by atoms with E-state index in [9.17, 15) is 9.59 Å². The van der Waals surface area contributed by atoms with Crippen LogP contribution in [0.1, 0.15) is 0 Å². The normalized spacial score (nSPS) is 16.2. The second-order valence-corrected chi connectivity index (χ2v) is 4.86. The van der Waals surface area contributed by atoms with Crippen LogP contribution in [-0.2, 0) is 9.59 Å². The van der Waals surface area contributed by atoms with E-state index in [0.717, 1.165) is 13.1 Å². The molecular formula is C13H24N4O2. The van der Waals surface area contributed by atoms with Gasteiger partial charge in [-0.15, -0.1) is 6.58 Å². The fraction of sp³-hybridized carbons (Fsp3) is 0.692. The minimum Gasteiger partial charge on any atom is -0.348 e. The van der Waals surface area contributed by atoms with Gasteiger partial charge in [-0.25, -0.2) is 0 Å². The van der Waals surface area contributed by atoms with Crippen LogP contribution in [-0.4, -0.2) is 86.4 Å². The molecule has 0 aromatic rings. The number of nitrogens with zero attached hydrogens (tertiary/aromatic N) is 3. The maximum absolute atomic E-state index is 11.8. The first-order valence-corrected chi connectivity index (χ1v) is 6.56. The molecule has 6 heteroatoms. The largest absolute Gasteiger partial charge is 0.348 e. The van der Waals surface area contributed by atoms with Gasteiger partial charge in [0.15, 0.2) is 0 Å². The van der Waals surface area contributed by atoms with Gasteiger partial charge in [0.1, 0.15) is 0 Å². The first kappa shape index (κ1) is 15.7. The van der Waals surface area contributed by atoms with E-state index in [2.05, 4.69) is 16.8 Å². The summed E-state index contributed by atoms with van der Waals surface area (Å²) in [5.74, 6) is 0.216. The number of carbonyl (C=O) groups excluding carboxylic acids is 2. The zero-order chi connectivity index (χ0) is 14.3. The number of nitrogens with one attached hydrogen (secondary N) is 1. The van der Waals surface area contributed by atoms with E-state index in [4.69, 9.17) is 0 Å². The van der Waals surface area contributed by atoms with Crippen molar-refractivity contribution < 1.29 is 9.59 Å². The molecule has 0 radical (unpaired) electrons. The van der Waals surface area contributed by atoms with Gasteiger partial charge < -0.3 is 15.1 Å². The lowest BCUT2D eigenvalue weighted by Crippen LogP contribution is -2.52. The third-order valence-electron chi connectivity index (χ3n) is 3.15. The van der Waals surface area contributed by atoms with Gasteiger partial charge in [0.25, 0.3) is 0 Å². The van der Waals surface area contributed by atoms with E-state index < -0.39 is 0 Å². The molecule has 108 valence electrons. The van der Waals surface area contributed by atoms with Gasteiger partial charge in [-0.1, -0.05) is 6.08 Å². The Morgan fingerprint density at radius 3 is 2.42 bits per heavy atom. The van der Waals surface area contributed by atoms with E-state index in [-0.39, 0.29) is 11.8 Å². The molecule has 0 atom stereocenters. The summed E-state index contributed by atoms with van der Waals surface area (Å²) >= 11 is 0. The van der Waals surface area contributed by atoms with Crippen molar-refractivity contribution in [2.75, 3.05) is 59.9 Å². The maximum Gasteiger partial charge on any atom is 0.236 e. The number of rotatable bonds is 6. The molecule has 0 aromatic carbocycles. The third-order valence-corrected chi connectivity index (χ3v) is 3.15. The highest BCUT2D eigenvalue weighted by Gasteiger charge is 2.22. The fourth-order valence-corrected chi connectivity index (χ4v) is 1.88. The average molecular weight is 268 g/mol. The highest BCUT2D eigenvalue weighted by atomic mass is 16.2. The monoisotopic (exact) mass is 268 g/mol. The van der Waals surface area contributed by atoms with Gasteiger partial charge in [0.05, 0.1) is 13.1 Å². The fourth-order valence-electron chi connectivity index (χ4n) is 1.88. The summed E-state index contributed by atoms with van der Waals surface area (Å²) < 4.78 is 0. The van der Waals surface area contributed by atoms with Crippen LogP contribution in [0.3, 0.4) is 0 Å². The van der Waals surface area contributed by atoms with Crippen LogP contribution in [0.4, 0.5) is 0 Å². The predicted octanol–water partition coefficient (Wildman–Crippen LogP) is -1.01.